The molecular formula is C28H33ClN2O5. The Morgan fingerprint density at radius 1 is 1.00 bits per heavy atom. The number of phenols is 1. The number of carbonyl (C=O) groups is 1. The maximum Gasteiger partial charge on any atom is 0.221 e. The largest absolute Gasteiger partial charge is 0.508 e. The van der Waals surface area contributed by atoms with Crippen LogP contribution in [0, 0.1) is 0 Å². The highest BCUT2D eigenvalue weighted by atomic mass is 35.5. The molecule has 0 heterocycles. The van der Waals surface area contributed by atoms with Crippen molar-refractivity contribution < 1.29 is 24.9 Å². The number of halogens is 1. The van der Waals surface area contributed by atoms with Crippen LogP contribution in [0.2, 0.25) is 5.02 Å². The molecule has 8 heteroatoms. The Labute approximate surface area is 216 Å². The van der Waals surface area contributed by atoms with Crippen molar-refractivity contribution in [2.45, 2.75) is 38.0 Å². The van der Waals surface area contributed by atoms with Crippen LogP contribution in [-0.2, 0) is 17.6 Å². The number of hydrogen-bond acceptors (Lipinski definition) is 6. The van der Waals surface area contributed by atoms with Crippen LogP contribution in [0.5, 0.6) is 11.5 Å². The second-order valence-corrected chi connectivity index (χ2v) is 9.39. The minimum absolute atomic E-state index is 0.00906. The van der Waals surface area contributed by atoms with Gasteiger partial charge in [-0.2, -0.15) is 0 Å². The summed E-state index contributed by atoms with van der Waals surface area (Å²) in [5.74, 6) is 0.232. The highest BCUT2D eigenvalue weighted by molar-refractivity contribution is 6.30. The summed E-state index contributed by atoms with van der Waals surface area (Å²) in [4.78, 5) is 13.5. The Bertz CT molecular complexity index is 1130. The van der Waals surface area contributed by atoms with E-state index in [1.54, 1.807) is 42.5 Å². The second-order valence-electron chi connectivity index (χ2n) is 8.95. The number of amides is 1. The third-order valence-electron chi connectivity index (χ3n) is 5.96. The van der Waals surface area contributed by atoms with Crippen LogP contribution in [0.3, 0.4) is 0 Å². The molecule has 0 aliphatic carbocycles. The van der Waals surface area contributed by atoms with Crippen molar-refractivity contribution in [3.05, 3.63) is 94.5 Å². The molecule has 0 saturated heterocycles. The molecule has 3 rings (SSSR count). The van der Waals surface area contributed by atoms with E-state index in [1.807, 2.05) is 42.2 Å². The molecule has 3 atom stereocenters. The van der Waals surface area contributed by atoms with Gasteiger partial charge in [0.1, 0.15) is 24.2 Å². The van der Waals surface area contributed by atoms with Crippen molar-refractivity contribution in [1.29, 1.82) is 0 Å². The molecule has 0 spiro atoms. The van der Waals surface area contributed by atoms with Gasteiger partial charge in [-0.1, -0.05) is 48.0 Å². The number of carbonyl (C=O) groups excluding carboxylic acids is 1. The van der Waals surface area contributed by atoms with Gasteiger partial charge < -0.3 is 25.8 Å². The molecule has 3 unspecified atom stereocenters. The Morgan fingerprint density at radius 3 is 2.44 bits per heavy atom. The summed E-state index contributed by atoms with van der Waals surface area (Å²) in [5, 5.41) is 32.1. The number of phenolic OH excluding ortho intramolecular Hbond substituents is 1. The second kappa shape index (κ2) is 13.3. The number of para-hydroxylation sites is 1. The van der Waals surface area contributed by atoms with Crippen LogP contribution in [0.25, 0.3) is 0 Å². The molecule has 192 valence electrons. The number of aliphatic hydroxyl groups excluding tert-OH is 2. The zero-order chi connectivity index (χ0) is 26.1. The molecule has 0 radical (unpaired) electrons. The number of nitrogens with two attached hydrogens (primary N) is 1. The van der Waals surface area contributed by atoms with Gasteiger partial charge in [0.05, 0.1) is 12.5 Å². The smallest absolute Gasteiger partial charge is 0.221 e. The lowest BCUT2D eigenvalue weighted by Crippen LogP contribution is -2.44. The fourth-order valence-electron chi connectivity index (χ4n) is 4.12. The molecule has 7 nitrogen and oxygen atoms in total. The molecule has 1 amide bonds. The molecule has 0 aliphatic heterocycles. The number of primary amides is 1. The summed E-state index contributed by atoms with van der Waals surface area (Å²) in [6, 6.07) is 21.0. The average molecular weight is 513 g/mol. The zero-order valence-electron chi connectivity index (χ0n) is 20.3. The van der Waals surface area contributed by atoms with Crippen LogP contribution in [0.4, 0.5) is 0 Å². The first-order chi connectivity index (χ1) is 17.2. The van der Waals surface area contributed by atoms with E-state index >= 15 is 0 Å². The van der Waals surface area contributed by atoms with Crippen LogP contribution >= 0.6 is 11.6 Å². The predicted molar refractivity (Wildman–Crippen MR) is 140 cm³/mol. The summed E-state index contributed by atoms with van der Waals surface area (Å²) >= 11 is 6.11. The number of aliphatic hydroxyl groups is 2. The van der Waals surface area contributed by atoms with E-state index in [0.29, 0.717) is 28.3 Å². The minimum atomic E-state index is -0.835. The van der Waals surface area contributed by atoms with Crippen molar-refractivity contribution in [3.8, 4) is 11.5 Å². The monoisotopic (exact) mass is 512 g/mol. The number of rotatable bonds is 13. The van der Waals surface area contributed by atoms with Gasteiger partial charge in [-0.15, -0.1) is 0 Å². The van der Waals surface area contributed by atoms with Crippen LogP contribution in [0.1, 0.15) is 29.7 Å². The number of ether oxygens (including phenoxy) is 1. The minimum Gasteiger partial charge on any atom is -0.508 e. The summed E-state index contributed by atoms with van der Waals surface area (Å²) in [6.07, 6.45) is -1.13. The Kier molecular flexibility index (Phi) is 10.1. The lowest BCUT2D eigenvalue weighted by atomic mass is 9.97. The first-order valence-corrected chi connectivity index (χ1v) is 12.2. The van der Waals surface area contributed by atoms with E-state index in [1.165, 1.54) is 0 Å². The maximum absolute atomic E-state index is 11.6. The molecule has 0 bridgehead atoms. The third-order valence-corrected chi connectivity index (χ3v) is 6.20. The molecule has 0 fully saturated rings. The van der Waals surface area contributed by atoms with Gasteiger partial charge in [0.25, 0.3) is 0 Å². The van der Waals surface area contributed by atoms with E-state index in [2.05, 4.69) is 0 Å². The van der Waals surface area contributed by atoms with Crippen LogP contribution in [-0.4, -0.2) is 58.0 Å². The lowest BCUT2D eigenvalue weighted by Gasteiger charge is -2.33. The molecule has 0 saturated carbocycles. The van der Waals surface area contributed by atoms with Crippen molar-refractivity contribution in [1.82, 2.24) is 4.90 Å². The van der Waals surface area contributed by atoms with Gasteiger partial charge in [-0.05, 0) is 66.4 Å². The van der Waals surface area contributed by atoms with Crippen molar-refractivity contribution >= 4 is 17.5 Å². The zero-order valence-corrected chi connectivity index (χ0v) is 21.0. The van der Waals surface area contributed by atoms with Gasteiger partial charge in [0, 0.05) is 24.2 Å². The van der Waals surface area contributed by atoms with Gasteiger partial charge >= 0.3 is 0 Å². The van der Waals surface area contributed by atoms with Crippen LogP contribution in [0.15, 0.2) is 72.8 Å². The standard InChI is InChI=1S/C28H33ClN2O5/c1-19(12-20-10-11-24(32)14-22(20)15-28(30)35)31(17-27(34)21-6-5-7-23(29)13-21)16-25(33)18-36-26-8-3-2-4-9-26/h2-11,13-14,19,25,27,32-34H,12,15-18H2,1H3,(H2,30,35). The summed E-state index contributed by atoms with van der Waals surface area (Å²) < 4.78 is 5.71. The summed E-state index contributed by atoms with van der Waals surface area (Å²) in [6.45, 7) is 2.56. The predicted octanol–water partition coefficient (Wildman–Crippen LogP) is 3.48. The number of nitrogens with zero attached hydrogens (tertiary/aromatic N) is 1. The Hall–Kier alpha value is -3.10. The van der Waals surface area contributed by atoms with Gasteiger partial charge in [-0.3, -0.25) is 9.69 Å². The van der Waals surface area contributed by atoms with Gasteiger partial charge in [0.15, 0.2) is 0 Å². The highest BCUT2D eigenvalue weighted by Gasteiger charge is 2.23. The molecule has 5 N–H and O–H groups in total. The van der Waals surface area contributed by atoms with Crippen molar-refractivity contribution in [3.63, 3.8) is 0 Å². The molecule has 3 aromatic rings. The maximum atomic E-state index is 11.6. The Morgan fingerprint density at radius 2 is 1.75 bits per heavy atom. The highest BCUT2D eigenvalue weighted by Crippen LogP contribution is 2.23. The molecule has 3 aromatic carbocycles. The normalized spacial score (nSPS) is 13.8. The summed E-state index contributed by atoms with van der Waals surface area (Å²) in [5.41, 5.74) is 7.59. The summed E-state index contributed by atoms with van der Waals surface area (Å²) in [7, 11) is 0. The fraction of sp³-hybridized carbons (Fsp3) is 0.321. The van der Waals surface area contributed by atoms with E-state index in [9.17, 15) is 20.1 Å². The topological polar surface area (TPSA) is 116 Å². The average Bonchev–Trinajstić information content (AvgIpc) is 2.84. The SMILES string of the molecule is CC(Cc1ccc(O)cc1CC(N)=O)N(CC(O)COc1ccccc1)CC(O)c1cccc(Cl)c1. The first-order valence-electron chi connectivity index (χ1n) is 11.8. The quantitative estimate of drug-likeness (QED) is 0.278. The third kappa shape index (κ3) is 8.53. The fourth-order valence-corrected chi connectivity index (χ4v) is 4.32. The van der Waals surface area contributed by atoms with Crippen molar-refractivity contribution in [2.75, 3.05) is 19.7 Å². The number of benzene rings is 3. The van der Waals surface area contributed by atoms with Gasteiger partial charge in [-0.25, -0.2) is 0 Å². The number of aromatic hydroxyl groups is 1. The molecule has 0 aliphatic rings. The molecular weight excluding hydrogens is 480 g/mol. The first kappa shape index (κ1) is 27.5. The van der Waals surface area contributed by atoms with E-state index in [0.717, 1.165) is 5.56 Å². The van der Waals surface area contributed by atoms with E-state index in [4.69, 9.17) is 22.1 Å². The lowest BCUT2D eigenvalue weighted by molar-refractivity contribution is -0.117. The Balaban J connectivity index is 1.76. The van der Waals surface area contributed by atoms with Gasteiger partial charge in [0.2, 0.25) is 5.91 Å². The van der Waals surface area contributed by atoms with E-state index in [-0.39, 0.29) is 37.9 Å². The molecule has 0 aromatic heterocycles. The number of hydrogen-bond donors (Lipinski definition) is 4. The molecule has 36 heavy (non-hydrogen) atoms. The van der Waals surface area contributed by atoms with E-state index < -0.39 is 18.1 Å². The van der Waals surface area contributed by atoms with Crippen LogP contribution < -0.4 is 10.5 Å². The van der Waals surface area contributed by atoms with Crippen molar-refractivity contribution in [2.24, 2.45) is 5.73 Å².